The molecule has 0 aliphatic rings. The molecule has 0 saturated heterocycles. The molecule has 0 saturated carbocycles. The average molecular weight is 362 g/mol. The predicted octanol–water partition coefficient (Wildman–Crippen LogP) is 3.79. The average Bonchev–Trinajstić information content (AvgIpc) is 2.47. The maximum Gasteiger partial charge on any atom is 0.141 e. The molecule has 0 spiro atoms. The Morgan fingerprint density at radius 3 is 2.67 bits per heavy atom. The molecule has 21 heavy (non-hydrogen) atoms. The van der Waals surface area contributed by atoms with Crippen molar-refractivity contribution in [2.75, 3.05) is 33.9 Å². The van der Waals surface area contributed by atoms with Crippen LogP contribution in [-0.4, -0.2) is 33.9 Å². The Balaban J connectivity index is 2.38. The molecule has 0 aromatic heterocycles. The van der Waals surface area contributed by atoms with Gasteiger partial charge < -0.3 is 14.8 Å². The van der Waals surface area contributed by atoms with Gasteiger partial charge in [-0.15, -0.1) is 0 Å². The van der Waals surface area contributed by atoms with Gasteiger partial charge in [0.25, 0.3) is 0 Å². The van der Waals surface area contributed by atoms with Crippen LogP contribution in [0.15, 0.2) is 16.6 Å². The highest BCUT2D eigenvalue weighted by atomic mass is 79.9. The fourth-order valence-corrected chi connectivity index (χ4v) is 2.54. The molecule has 1 N–H and O–H groups in total. The fraction of sp³-hybridized carbons (Fsp3) is 0.625. The Kier molecular flexibility index (Phi) is 8.88. The lowest BCUT2D eigenvalue weighted by molar-refractivity contribution is 0.199. The van der Waals surface area contributed by atoms with Crippen molar-refractivity contribution in [2.45, 2.75) is 26.2 Å². The number of aryl methyl sites for hydroxylation is 1. The largest absolute Gasteiger partial charge is 0.496 e. The Morgan fingerprint density at radius 2 is 2.00 bits per heavy atom. The normalized spacial score (nSPS) is 12.4. The lowest BCUT2D eigenvalue weighted by Crippen LogP contribution is -2.21. The Hall–Kier alpha value is -0.650. The lowest BCUT2D eigenvalue weighted by atomic mass is 9.97. The summed E-state index contributed by atoms with van der Waals surface area (Å²) in [5, 5.41) is 3.35. The summed E-state index contributed by atoms with van der Waals surface area (Å²) in [6, 6.07) is 3.26. The molecule has 1 atom stereocenters. The molecule has 0 bridgehead atoms. The van der Waals surface area contributed by atoms with Gasteiger partial charge in [0, 0.05) is 19.7 Å². The van der Waals surface area contributed by atoms with Gasteiger partial charge in [-0.25, -0.2) is 4.39 Å². The van der Waals surface area contributed by atoms with Gasteiger partial charge >= 0.3 is 0 Å². The number of halogens is 2. The van der Waals surface area contributed by atoms with E-state index in [0.717, 1.165) is 44.5 Å². The van der Waals surface area contributed by atoms with Crippen molar-refractivity contribution in [3.63, 3.8) is 0 Å². The van der Waals surface area contributed by atoms with E-state index in [-0.39, 0.29) is 5.82 Å². The number of ether oxygens (including phenoxy) is 2. The van der Waals surface area contributed by atoms with E-state index < -0.39 is 0 Å². The molecule has 0 radical (unpaired) electrons. The van der Waals surface area contributed by atoms with Crippen molar-refractivity contribution in [3.05, 3.63) is 28.0 Å². The first-order valence-electron chi connectivity index (χ1n) is 7.30. The molecular formula is C16H25BrFNO2. The van der Waals surface area contributed by atoms with Crippen molar-refractivity contribution < 1.29 is 13.9 Å². The summed E-state index contributed by atoms with van der Waals surface area (Å²) in [7, 11) is 3.29. The van der Waals surface area contributed by atoms with Crippen LogP contribution in [-0.2, 0) is 11.2 Å². The van der Waals surface area contributed by atoms with Crippen molar-refractivity contribution >= 4 is 15.9 Å². The van der Waals surface area contributed by atoms with Crippen LogP contribution >= 0.6 is 15.9 Å². The van der Waals surface area contributed by atoms with Crippen LogP contribution in [0, 0.1) is 11.7 Å². The van der Waals surface area contributed by atoms with Gasteiger partial charge in [0.1, 0.15) is 11.6 Å². The summed E-state index contributed by atoms with van der Waals surface area (Å²) >= 11 is 3.23. The van der Waals surface area contributed by atoms with Crippen molar-refractivity contribution in [2.24, 2.45) is 5.92 Å². The second-order valence-corrected chi connectivity index (χ2v) is 6.11. The second-order valence-electron chi connectivity index (χ2n) is 5.25. The first kappa shape index (κ1) is 18.4. The summed E-state index contributed by atoms with van der Waals surface area (Å²) in [6.45, 7) is 4.87. The lowest BCUT2D eigenvalue weighted by Gasteiger charge is -2.14. The highest BCUT2D eigenvalue weighted by Gasteiger charge is 2.10. The first-order chi connectivity index (χ1) is 10.1. The minimum absolute atomic E-state index is 0.286. The summed E-state index contributed by atoms with van der Waals surface area (Å²) in [5.74, 6) is 0.945. The molecule has 0 fully saturated rings. The third kappa shape index (κ3) is 6.76. The van der Waals surface area contributed by atoms with Crippen LogP contribution < -0.4 is 10.1 Å². The van der Waals surface area contributed by atoms with Crippen LogP contribution in [0.3, 0.4) is 0 Å². The molecule has 0 heterocycles. The molecule has 1 aromatic rings. The van der Waals surface area contributed by atoms with E-state index in [4.69, 9.17) is 9.47 Å². The molecule has 120 valence electrons. The predicted molar refractivity (Wildman–Crippen MR) is 87.5 cm³/mol. The maximum absolute atomic E-state index is 13.5. The molecule has 0 aliphatic heterocycles. The Bertz CT molecular complexity index is 429. The number of hydrogen-bond donors (Lipinski definition) is 1. The summed E-state index contributed by atoms with van der Waals surface area (Å²) in [5.41, 5.74) is 1.05. The maximum atomic E-state index is 13.5. The molecule has 1 rings (SSSR count). The highest BCUT2D eigenvalue weighted by molar-refractivity contribution is 9.10. The topological polar surface area (TPSA) is 30.5 Å². The highest BCUT2D eigenvalue weighted by Crippen LogP contribution is 2.28. The number of hydrogen-bond acceptors (Lipinski definition) is 3. The van der Waals surface area contributed by atoms with Crippen molar-refractivity contribution in [3.8, 4) is 5.75 Å². The van der Waals surface area contributed by atoms with Crippen LogP contribution in [0.5, 0.6) is 5.75 Å². The van der Waals surface area contributed by atoms with Gasteiger partial charge in [0.05, 0.1) is 18.2 Å². The van der Waals surface area contributed by atoms with E-state index >= 15 is 0 Å². The zero-order valence-corrected chi connectivity index (χ0v) is 14.6. The zero-order chi connectivity index (χ0) is 15.7. The van der Waals surface area contributed by atoms with Crippen molar-refractivity contribution in [1.29, 1.82) is 0 Å². The number of rotatable bonds is 10. The summed E-state index contributed by atoms with van der Waals surface area (Å²) < 4.78 is 24.2. The smallest absolute Gasteiger partial charge is 0.141 e. The van der Waals surface area contributed by atoms with Gasteiger partial charge in [-0.2, -0.15) is 0 Å². The Labute approximate surface area is 135 Å². The second kappa shape index (κ2) is 10.1. The van der Waals surface area contributed by atoms with Gasteiger partial charge in [-0.1, -0.05) is 6.92 Å². The molecular weight excluding hydrogens is 337 g/mol. The SMILES string of the molecule is COCCNCCC(C)CCc1cc(Br)c(F)cc1OC. The van der Waals surface area contributed by atoms with E-state index in [0.29, 0.717) is 16.1 Å². The standard InChI is InChI=1S/C16H25BrFNO2/c1-12(6-7-19-8-9-20-2)4-5-13-10-14(17)15(18)11-16(13)21-3/h10-12,19H,4-9H2,1-3H3. The molecule has 0 aliphatic carbocycles. The van der Waals surface area contributed by atoms with Crippen LogP contribution in [0.25, 0.3) is 0 Å². The van der Waals surface area contributed by atoms with Gasteiger partial charge in [-0.3, -0.25) is 0 Å². The fourth-order valence-electron chi connectivity index (χ4n) is 2.15. The van der Waals surface area contributed by atoms with Crippen LogP contribution in [0.4, 0.5) is 4.39 Å². The van der Waals surface area contributed by atoms with Crippen molar-refractivity contribution in [1.82, 2.24) is 5.32 Å². The number of benzene rings is 1. The van der Waals surface area contributed by atoms with Gasteiger partial charge in [0.2, 0.25) is 0 Å². The van der Waals surface area contributed by atoms with Gasteiger partial charge in [0.15, 0.2) is 0 Å². The van der Waals surface area contributed by atoms with E-state index in [2.05, 4.69) is 28.2 Å². The Morgan fingerprint density at radius 1 is 1.24 bits per heavy atom. The molecule has 3 nitrogen and oxygen atoms in total. The molecule has 1 unspecified atom stereocenters. The molecule has 5 heteroatoms. The monoisotopic (exact) mass is 361 g/mol. The van der Waals surface area contributed by atoms with Crippen LogP contribution in [0.2, 0.25) is 0 Å². The zero-order valence-electron chi connectivity index (χ0n) is 13.0. The number of methoxy groups -OCH3 is 2. The minimum atomic E-state index is -0.286. The molecule has 1 aromatic carbocycles. The number of nitrogens with one attached hydrogen (secondary N) is 1. The van der Waals surface area contributed by atoms with E-state index in [1.54, 1.807) is 14.2 Å². The van der Waals surface area contributed by atoms with E-state index in [1.165, 1.54) is 6.07 Å². The van der Waals surface area contributed by atoms with Crippen LogP contribution in [0.1, 0.15) is 25.3 Å². The first-order valence-corrected chi connectivity index (χ1v) is 8.09. The van der Waals surface area contributed by atoms with Gasteiger partial charge in [-0.05, 0) is 59.3 Å². The summed E-state index contributed by atoms with van der Waals surface area (Å²) in [6.07, 6.45) is 3.07. The summed E-state index contributed by atoms with van der Waals surface area (Å²) in [4.78, 5) is 0. The van der Waals surface area contributed by atoms with E-state index in [9.17, 15) is 4.39 Å². The van der Waals surface area contributed by atoms with E-state index in [1.807, 2.05) is 6.07 Å². The third-order valence-electron chi connectivity index (χ3n) is 3.53. The molecule has 0 amide bonds. The minimum Gasteiger partial charge on any atom is -0.496 e. The quantitative estimate of drug-likeness (QED) is 0.643. The third-order valence-corrected chi connectivity index (χ3v) is 4.13.